The summed E-state index contributed by atoms with van der Waals surface area (Å²) in [5.41, 5.74) is 0. The largest absolute Gasteiger partial charge is 0.311 e. The van der Waals surface area contributed by atoms with Crippen LogP contribution in [0.3, 0.4) is 0 Å². The Kier molecular flexibility index (Phi) is 5.55. The lowest BCUT2D eigenvalue weighted by molar-refractivity contribution is 0.0734. The maximum absolute atomic E-state index is 3.91. The van der Waals surface area contributed by atoms with E-state index >= 15 is 0 Å². The molecule has 3 rings (SSSR count). The van der Waals surface area contributed by atoms with Crippen LogP contribution >= 0.6 is 11.8 Å². The molecule has 1 heterocycles. The topological polar surface area (TPSA) is 15.3 Å². The van der Waals surface area contributed by atoms with Crippen LogP contribution in [-0.4, -0.2) is 47.6 Å². The Balaban J connectivity index is 1.61. The zero-order valence-corrected chi connectivity index (χ0v) is 14.9. The van der Waals surface area contributed by atoms with Gasteiger partial charge in [-0.2, -0.15) is 11.8 Å². The molecule has 0 radical (unpaired) electrons. The van der Waals surface area contributed by atoms with Crippen molar-refractivity contribution in [1.82, 2.24) is 10.2 Å². The summed E-state index contributed by atoms with van der Waals surface area (Å²) in [6.07, 6.45) is 15.3. The highest BCUT2D eigenvalue weighted by Gasteiger charge is 2.41. The molecule has 2 nitrogen and oxygen atoms in total. The van der Waals surface area contributed by atoms with Crippen molar-refractivity contribution in [3.63, 3.8) is 0 Å². The Morgan fingerprint density at radius 1 is 1.14 bits per heavy atom. The summed E-state index contributed by atoms with van der Waals surface area (Å²) in [4.78, 5) is 2.87. The summed E-state index contributed by atoms with van der Waals surface area (Å²) in [6, 6.07) is 1.54. The quantitative estimate of drug-likeness (QED) is 0.829. The van der Waals surface area contributed by atoms with E-state index in [2.05, 4.69) is 35.2 Å². The van der Waals surface area contributed by atoms with Crippen molar-refractivity contribution >= 4 is 11.8 Å². The first-order valence-electron chi connectivity index (χ1n) is 9.29. The third kappa shape index (κ3) is 3.61. The maximum atomic E-state index is 3.91. The smallest absolute Gasteiger partial charge is 0.0284 e. The minimum atomic E-state index is 0.599. The average molecular weight is 311 g/mol. The lowest BCUT2D eigenvalue weighted by atomic mass is 9.80. The van der Waals surface area contributed by atoms with E-state index in [-0.39, 0.29) is 0 Å². The number of rotatable bonds is 5. The highest BCUT2D eigenvalue weighted by Crippen LogP contribution is 2.44. The van der Waals surface area contributed by atoms with Crippen LogP contribution in [0, 0.1) is 5.92 Å². The van der Waals surface area contributed by atoms with Gasteiger partial charge in [0.2, 0.25) is 0 Å². The molecular formula is C18H34N2S. The van der Waals surface area contributed by atoms with Crippen molar-refractivity contribution in [2.75, 3.05) is 25.9 Å². The van der Waals surface area contributed by atoms with Gasteiger partial charge in [-0.25, -0.2) is 0 Å². The van der Waals surface area contributed by atoms with E-state index in [1.54, 1.807) is 0 Å². The first-order chi connectivity index (χ1) is 10.3. The lowest BCUT2D eigenvalue weighted by Gasteiger charge is -2.50. The van der Waals surface area contributed by atoms with Gasteiger partial charge in [-0.05, 0) is 44.3 Å². The van der Waals surface area contributed by atoms with Gasteiger partial charge in [0.15, 0.2) is 0 Å². The molecule has 1 N–H and O–H groups in total. The molecule has 3 fully saturated rings. The molecule has 0 amide bonds. The fraction of sp³-hybridized carbons (Fsp3) is 1.00. The number of thioether (sulfide) groups is 1. The molecule has 0 aromatic rings. The first kappa shape index (κ1) is 16.1. The van der Waals surface area contributed by atoms with Crippen LogP contribution in [-0.2, 0) is 0 Å². The monoisotopic (exact) mass is 310 g/mol. The normalized spacial score (nSPS) is 34.6. The summed E-state index contributed by atoms with van der Waals surface area (Å²) < 4.78 is 0.599. The Morgan fingerprint density at radius 2 is 1.90 bits per heavy atom. The van der Waals surface area contributed by atoms with Gasteiger partial charge >= 0.3 is 0 Å². The number of piperazine rings is 1. The molecule has 2 unspecified atom stereocenters. The molecule has 2 aliphatic carbocycles. The molecule has 0 aromatic carbocycles. The second kappa shape index (κ2) is 7.23. The number of nitrogens with one attached hydrogen (secondary N) is 1. The average Bonchev–Trinajstić information content (AvgIpc) is 2.51. The van der Waals surface area contributed by atoms with Crippen molar-refractivity contribution in [2.45, 2.75) is 81.5 Å². The van der Waals surface area contributed by atoms with Gasteiger partial charge in [0, 0.05) is 36.5 Å². The number of hydrogen-bond donors (Lipinski definition) is 1. The van der Waals surface area contributed by atoms with Crippen molar-refractivity contribution in [2.24, 2.45) is 5.92 Å². The van der Waals surface area contributed by atoms with E-state index in [0.717, 1.165) is 18.0 Å². The second-order valence-electron chi connectivity index (χ2n) is 7.65. The second-order valence-corrected chi connectivity index (χ2v) is 8.92. The van der Waals surface area contributed by atoms with Gasteiger partial charge in [0.25, 0.3) is 0 Å². The van der Waals surface area contributed by atoms with E-state index in [0.29, 0.717) is 4.75 Å². The standard InChI is InChI=1S/C18H34N2S/c1-3-16-12-19-17(15-8-5-4-6-9-15)13-20(16)14-18(21-2)10-7-11-18/h15-17,19H,3-14H2,1-2H3. The molecule has 1 saturated heterocycles. The fourth-order valence-electron chi connectivity index (χ4n) is 4.70. The van der Waals surface area contributed by atoms with Crippen LogP contribution in [0.2, 0.25) is 0 Å². The molecule has 3 heteroatoms. The van der Waals surface area contributed by atoms with Crippen LogP contribution in [0.5, 0.6) is 0 Å². The van der Waals surface area contributed by atoms with Gasteiger partial charge in [-0.3, -0.25) is 4.90 Å². The van der Waals surface area contributed by atoms with Gasteiger partial charge < -0.3 is 5.32 Å². The molecule has 0 spiro atoms. The molecule has 2 saturated carbocycles. The summed E-state index contributed by atoms with van der Waals surface area (Å²) in [6.45, 7) is 6.25. The highest BCUT2D eigenvalue weighted by molar-refractivity contribution is 8.00. The van der Waals surface area contributed by atoms with Gasteiger partial charge in [0.05, 0.1) is 0 Å². The molecule has 0 aromatic heterocycles. The predicted octanol–water partition coefficient (Wildman–Crippen LogP) is 3.90. The predicted molar refractivity (Wildman–Crippen MR) is 94.1 cm³/mol. The van der Waals surface area contributed by atoms with Crippen LogP contribution in [0.1, 0.15) is 64.7 Å². The third-order valence-electron chi connectivity index (χ3n) is 6.44. The number of nitrogens with zero attached hydrogens (tertiary/aromatic N) is 1. The van der Waals surface area contributed by atoms with E-state index in [1.165, 1.54) is 77.4 Å². The van der Waals surface area contributed by atoms with Crippen molar-refractivity contribution in [3.8, 4) is 0 Å². The Morgan fingerprint density at radius 3 is 2.48 bits per heavy atom. The molecule has 21 heavy (non-hydrogen) atoms. The number of hydrogen-bond acceptors (Lipinski definition) is 3. The van der Waals surface area contributed by atoms with E-state index in [4.69, 9.17) is 0 Å². The maximum Gasteiger partial charge on any atom is 0.0284 e. The third-order valence-corrected chi connectivity index (χ3v) is 7.85. The zero-order valence-electron chi connectivity index (χ0n) is 14.1. The summed E-state index contributed by atoms with van der Waals surface area (Å²) in [5.74, 6) is 0.950. The first-order valence-corrected chi connectivity index (χ1v) is 10.5. The Labute approximate surface area is 135 Å². The molecule has 3 aliphatic rings. The van der Waals surface area contributed by atoms with Crippen LogP contribution in [0.4, 0.5) is 0 Å². The Bertz CT molecular complexity index is 318. The summed E-state index contributed by atoms with van der Waals surface area (Å²) >= 11 is 2.14. The van der Waals surface area contributed by atoms with Gasteiger partial charge in [-0.15, -0.1) is 0 Å². The van der Waals surface area contributed by atoms with E-state index < -0.39 is 0 Å². The Hall–Kier alpha value is 0.270. The van der Waals surface area contributed by atoms with Crippen molar-refractivity contribution in [3.05, 3.63) is 0 Å². The SMILES string of the molecule is CCC1CNC(C2CCCCC2)CN1CC1(SC)CCC1. The van der Waals surface area contributed by atoms with Crippen LogP contribution < -0.4 is 5.32 Å². The molecule has 0 bridgehead atoms. The van der Waals surface area contributed by atoms with Crippen molar-refractivity contribution in [1.29, 1.82) is 0 Å². The van der Waals surface area contributed by atoms with E-state index in [1.807, 2.05) is 0 Å². The van der Waals surface area contributed by atoms with E-state index in [9.17, 15) is 0 Å². The van der Waals surface area contributed by atoms with Crippen molar-refractivity contribution < 1.29 is 0 Å². The fourth-order valence-corrected chi connectivity index (χ4v) is 5.69. The lowest BCUT2D eigenvalue weighted by Crippen LogP contribution is -2.61. The molecule has 1 aliphatic heterocycles. The van der Waals surface area contributed by atoms with Crippen LogP contribution in [0.15, 0.2) is 0 Å². The highest BCUT2D eigenvalue weighted by atomic mass is 32.2. The minimum Gasteiger partial charge on any atom is -0.311 e. The molecule has 2 atom stereocenters. The summed E-state index contributed by atoms with van der Waals surface area (Å²) in [7, 11) is 0. The molecular weight excluding hydrogens is 276 g/mol. The van der Waals surface area contributed by atoms with Gasteiger partial charge in [-0.1, -0.05) is 32.6 Å². The molecule has 122 valence electrons. The zero-order chi connectivity index (χ0) is 14.7. The van der Waals surface area contributed by atoms with Crippen LogP contribution in [0.25, 0.3) is 0 Å². The van der Waals surface area contributed by atoms with Gasteiger partial charge in [0.1, 0.15) is 0 Å². The summed E-state index contributed by atoms with van der Waals surface area (Å²) in [5, 5.41) is 3.91. The minimum absolute atomic E-state index is 0.599.